The quantitative estimate of drug-likeness (QED) is 0.845. The van der Waals surface area contributed by atoms with Crippen LogP contribution in [0.25, 0.3) is 0 Å². The topological polar surface area (TPSA) is 44.5 Å². The highest BCUT2D eigenvalue weighted by Gasteiger charge is 2.11. The average Bonchev–Trinajstić information content (AvgIpc) is 2.27. The molecule has 0 aliphatic carbocycles. The van der Waals surface area contributed by atoms with Gasteiger partial charge in [0.2, 0.25) is 0 Å². The molecule has 3 nitrogen and oxygen atoms in total. The summed E-state index contributed by atoms with van der Waals surface area (Å²) in [7, 11) is 1.68. The summed E-state index contributed by atoms with van der Waals surface area (Å²) in [5, 5.41) is 0. The van der Waals surface area contributed by atoms with E-state index in [9.17, 15) is 0 Å². The Morgan fingerprint density at radius 1 is 1.28 bits per heavy atom. The third-order valence-electron chi connectivity index (χ3n) is 2.66. The third kappa shape index (κ3) is 6.03. The van der Waals surface area contributed by atoms with Gasteiger partial charge in [0.1, 0.15) is 5.75 Å². The Balaban J connectivity index is 2.37. The maximum absolute atomic E-state index is 6.11. The summed E-state index contributed by atoms with van der Waals surface area (Å²) in [6.07, 6.45) is 1.72. The molecular formula is C15H25NO2. The van der Waals surface area contributed by atoms with Gasteiger partial charge in [-0.3, -0.25) is 0 Å². The second kappa shape index (κ2) is 6.76. The van der Waals surface area contributed by atoms with Gasteiger partial charge in [-0.1, -0.05) is 12.1 Å². The van der Waals surface area contributed by atoms with Gasteiger partial charge in [-0.25, -0.2) is 0 Å². The van der Waals surface area contributed by atoms with E-state index in [-0.39, 0.29) is 11.6 Å². The summed E-state index contributed by atoms with van der Waals surface area (Å²) >= 11 is 0. The van der Waals surface area contributed by atoms with Crippen molar-refractivity contribution in [2.75, 3.05) is 13.7 Å². The predicted octanol–water partition coefficient (Wildman–Crippen LogP) is 2.77. The van der Waals surface area contributed by atoms with Crippen molar-refractivity contribution < 1.29 is 9.47 Å². The zero-order valence-corrected chi connectivity index (χ0v) is 11.9. The molecule has 1 aromatic rings. The highest BCUT2D eigenvalue weighted by atomic mass is 16.5. The molecule has 0 spiro atoms. The van der Waals surface area contributed by atoms with Gasteiger partial charge in [-0.2, -0.15) is 0 Å². The number of hydrogen-bond acceptors (Lipinski definition) is 3. The molecule has 2 N–H and O–H groups in total. The fourth-order valence-electron chi connectivity index (χ4n) is 1.72. The number of rotatable bonds is 6. The first-order valence-electron chi connectivity index (χ1n) is 6.43. The Morgan fingerprint density at radius 2 is 2.00 bits per heavy atom. The molecule has 1 aromatic carbocycles. The van der Waals surface area contributed by atoms with Crippen LogP contribution in [0.3, 0.4) is 0 Å². The van der Waals surface area contributed by atoms with Crippen LogP contribution in [0.4, 0.5) is 0 Å². The largest absolute Gasteiger partial charge is 0.497 e. The van der Waals surface area contributed by atoms with Crippen LogP contribution in [0.1, 0.15) is 32.8 Å². The van der Waals surface area contributed by atoms with Crippen LogP contribution in [-0.2, 0) is 11.2 Å². The van der Waals surface area contributed by atoms with Crippen LogP contribution in [0.5, 0.6) is 5.75 Å². The fourth-order valence-corrected chi connectivity index (χ4v) is 1.72. The normalized spacial score (nSPS) is 13.4. The van der Waals surface area contributed by atoms with Crippen LogP contribution >= 0.6 is 0 Å². The Morgan fingerprint density at radius 3 is 2.61 bits per heavy atom. The number of methoxy groups -OCH3 is 1. The summed E-state index contributed by atoms with van der Waals surface area (Å²) < 4.78 is 10.9. The van der Waals surface area contributed by atoms with Crippen molar-refractivity contribution in [1.82, 2.24) is 0 Å². The number of ether oxygens (including phenoxy) is 2. The highest BCUT2D eigenvalue weighted by Crippen LogP contribution is 2.15. The molecule has 18 heavy (non-hydrogen) atoms. The SMILES string of the molecule is COc1cccc(CC(N)CCOC(C)(C)C)c1. The van der Waals surface area contributed by atoms with E-state index in [0.29, 0.717) is 6.61 Å². The van der Waals surface area contributed by atoms with Crippen molar-refractivity contribution in [2.45, 2.75) is 45.3 Å². The smallest absolute Gasteiger partial charge is 0.119 e. The molecule has 0 bridgehead atoms. The van der Waals surface area contributed by atoms with Gasteiger partial charge in [0.25, 0.3) is 0 Å². The van der Waals surface area contributed by atoms with E-state index in [4.69, 9.17) is 15.2 Å². The molecule has 1 unspecified atom stereocenters. The second-order valence-corrected chi connectivity index (χ2v) is 5.57. The molecule has 102 valence electrons. The summed E-state index contributed by atoms with van der Waals surface area (Å²) in [5.74, 6) is 0.880. The monoisotopic (exact) mass is 251 g/mol. The van der Waals surface area contributed by atoms with Crippen LogP contribution in [0.2, 0.25) is 0 Å². The van der Waals surface area contributed by atoms with Crippen LogP contribution in [-0.4, -0.2) is 25.4 Å². The molecular weight excluding hydrogens is 226 g/mol. The van der Waals surface area contributed by atoms with Crippen molar-refractivity contribution in [2.24, 2.45) is 5.73 Å². The first-order valence-corrected chi connectivity index (χ1v) is 6.43. The molecule has 0 radical (unpaired) electrons. The lowest BCUT2D eigenvalue weighted by molar-refractivity contribution is -0.00595. The van der Waals surface area contributed by atoms with Crippen molar-refractivity contribution in [1.29, 1.82) is 0 Å². The molecule has 0 aliphatic heterocycles. The van der Waals surface area contributed by atoms with E-state index in [2.05, 4.69) is 26.8 Å². The van der Waals surface area contributed by atoms with Gasteiger partial charge in [0.05, 0.1) is 12.7 Å². The minimum Gasteiger partial charge on any atom is -0.497 e. The zero-order valence-electron chi connectivity index (χ0n) is 11.9. The standard InChI is InChI=1S/C15H25NO2/c1-15(2,3)18-9-8-13(16)10-12-6-5-7-14(11-12)17-4/h5-7,11,13H,8-10,16H2,1-4H3. The average molecular weight is 251 g/mol. The highest BCUT2D eigenvalue weighted by molar-refractivity contribution is 5.28. The van der Waals surface area contributed by atoms with Crippen LogP contribution < -0.4 is 10.5 Å². The molecule has 0 amide bonds. The Bertz CT molecular complexity index is 358. The lowest BCUT2D eigenvalue weighted by atomic mass is 10.0. The molecule has 0 saturated heterocycles. The lowest BCUT2D eigenvalue weighted by Crippen LogP contribution is -2.27. The van der Waals surface area contributed by atoms with Crippen molar-refractivity contribution >= 4 is 0 Å². The van der Waals surface area contributed by atoms with Crippen molar-refractivity contribution in [3.63, 3.8) is 0 Å². The predicted molar refractivity (Wildman–Crippen MR) is 75.0 cm³/mol. The minimum atomic E-state index is -0.0876. The molecule has 1 rings (SSSR count). The Labute approximate surface area is 110 Å². The van der Waals surface area contributed by atoms with Gasteiger partial charge < -0.3 is 15.2 Å². The zero-order chi connectivity index (χ0) is 13.6. The Hall–Kier alpha value is -1.06. The Kier molecular flexibility index (Phi) is 5.63. The van der Waals surface area contributed by atoms with E-state index in [1.807, 2.05) is 18.2 Å². The number of benzene rings is 1. The summed E-state index contributed by atoms with van der Waals surface area (Å²) in [5.41, 5.74) is 7.22. The summed E-state index contributed by atoms with van der Waals surface area (Å²) in [6, 6.07) is 8.17. The van der Waals surface area contributed by atoms with Gasteiger partial charge in [0, 0.05) is 12.6 Å². The van der Waals surface area contributed by atoms with E-state index in [0.717, 1.165) is 18.6 Å². The summed E-state index contributed by atoms with van der Waals surface area (Å²) in [4.78, 5) is 0. The fraction of sp³-hybridized carbons (Fsp3) is 0.600. The minimum absolute atomic E-state index is 0.0876. The first kappa shape index (κ1) is 15.0. The van der Waals surface area contributed by atoms with Gasteiger partial charge in [0.15, 0.2) is 0 Å². The van der Waals surface area contributed by atoms with Crippen LogP contribution in [0.15, 0.2) is 24.3 Å². The maximum atomic E-state index is 6.11. The second-order valence-electron chi connectivity index (χ2n) is 5.57. The molecule has 0 aromatic heterocycles. The molecule has 0 aliphatic rings. The van der Waals surface area contributed by atoms with Crippen molar-refractivity contribution in [3.8, 4) is 5.75 Å². The first-order chi connectivity index (χ1) is 8.40. The van der Waals surface area contributed by atoms with Crippen molar-refractivity contribution in [3.05, 3.63) is 29.8 Å². The molecule has 0 saturated carbocycles. The molecule has 0 fully saturated rings. The third-order valence-corrected chi connectivity index (χ3v) is 2.66. The van der Waals surface area contributed by atoms with Crippen LogP contribution in [0, 0.1) is 0 Å². The van der Waals surface area contributed by atoms with E-state index in [1.165, 1.54) is 5.56 Å². The number of nitrogens with two attached hydrogens (primary N) is 1. The summed E-state index contributed by atoms with van der Waals surface area (Å²) in [6.45, 7) is 6.87. The molecule has 1 atom stereocenters. The molecule has 0 heterocycles. The van der Waals surface area contributed by atoms with Gasteiger partial charge >= 0.3 is 0 Å². The number of hydrogen-bond donors (Lipinski definition) is 1. The van der Waals surface area contributed by atoms with E-state index in [1.54, 1.807) is 7.11 Å². The molecule has 3 heteroatoms. The van der Waals surface area contributed by atoms with Gasteiger partial charge in [-0.05, 0) is 51.3 Å². The lowest BCUT2D eigenvalue weighted by Gasteiger charge is -2.21. The van der Waals surface area contributed by atoms with E-state index < -0.39 is 0 Å². The van der Waals surface area contributed by atoms with E-state index >= 15 is 0 Å². The maximum Gasteiger partial charge on any atom is 0.119 e. The van der Waals surface area contributed by atoms with Gasteiger partial charge in [-0.15, -0.1) is 0 Å².